The first-order chi connectivity index (χ1) is 5.70. The maximum Gasteiger partial charge on any atom is 0.0747 e. The van der Waals surface area contributed by atoms with Crippen molar-refractivity contribution in [2.24, 2.45) is 5.92 Å². The Kier molecular flexibility index (Phi) is 3.50. The molecule has 0 aliphatic carbocycles. The van der Waals surface area contributed by atoms with Gasteiger partial charge in [0, 0.05) is 0 Å². The fourth-order valence-electron chi connectivity index (χ4n) is 0.802. The van der Waals surface area contributed by atoms with Crippen LogP contribution in [0.15, 0.2) is 22.9 Å². The largest absolute Gasteiger partial charge is 0.389 e. The quantitative estimate of drug-likeness (QED) is 0.762. The number of thiophene rings is 1. The van der Waals surface area contributed by atoms with Gasteiger partial charge in [0.05, 0.1) is 6.10 Å². The maximum atomic E-state index is 9.44. The van der Waals surface area contributed by atoms with Crippen molar-refractivity contribution in [3.63, 3.8) is 0 Å². The molecule has 0 unspecified atom stereocenters. The molecule has 2 heteroatoms. The molecule has 1 aromatic rings. The smallest absolute Gasteiger partial charge is 0.0747 e. The SMILES string of the molecule is CC(C)[C@H](O)/C=C/c1ccsc1. The lowest BCUT2D eigenvalue weighted by molar-refractivity contribution is 0.173. The average molecular weight is 182 g/mol. The Morgan fingerprint density at radius 2 is 2.25 bits per heavy atom. The summed E-state index contributed by atoms with van der Waals surface area (Å²) in [6.45, 7) is 4.01. The van der Waals surface area contributed by atoms with Gasteiger partial charge in [-0.3, -0.25) is 0 Å². The van der Waals surface area contributed by atoms with Crippen molar-refractivity contribution in [1.82, 2.24) is 0 Å². The summed E-state index contributed by atoms with van der Waals surface area (Å²) in [6, 6.07) is 2.04. The Balaban J connectivity index is 2.51. The van der Waals surface area contributed by atoms with Gasteiger partial charge in [0.1, 0.15) is 0 Å². The molecule has 1 N–H and O–H groups in total. The van der Waals surface area contributed by atoms with Crippen molar-refractivity contribution in [2.75, 3.05) is 0 Å². The number of aliphatic hydroxyl groups excluding tert-OH is 1. The minimum atomic E-state index is -0.329. The maximum absolute atomic E-state index is 9.44. The second kappa shape index (κ2) is 4.43. The molecule has 1 heterocycles. The Morgan fingerprint density at radius 1 is 1.50 bits per heavy atom. The molecule has 12 heavy (non-hydrogen) atoms. The summed E-state index contributed by atoms with van der Waals surface area (Å²) in [5.74, 6) is 0.292. The highest BCUT2D eigenvalue weighted by molar-refractivity contribution is 7.08. The highest BCUT2D eigenvalue weighted by atomic mass is 32.1. The van der Waals surface area contributed by atoms with E-state index in [9.17, 15) is 5.11 Å². The molecule has 0 aromatic carbocycles. The molecule has 0 amide bonds. The first-order valence-corrected chi connectivity index (χ1v) is 5.03. The molecular weight excluding hydrogens is 168 g/mol. The van der Waals surface area contributed by atoms with E-state index in [1.165, 1.54) is 5.56 Å². The van der Waals surface area contributed by atoms with Crippen molar-refractivity contribution < 1.29 is 5.11 Å². The van der Waals surface area contributed by atoms with Crippen LogP contribution in [0.4, 0.5) is 0 Å². The van der Waals surface area contributed by atoms with Crippen molar-refractivity contribution in [1.29, 1.82) is 0 Å². The Hall–Kier alpha value is -0.600. The zero-order valence-electron chi connectivity index (χ0n) is 7.40. The number of rotatable bonds is 3. The van der Waals surface area contributed by atoms with Gasteiger partial charge in [-0.2, -0.15) is 11.3 Å². The summed E-state index contributed by atoms with van der Waals surface area (Å²) in [4.78, 5) is 0. The van der Waals surface area contributed by atoms with E-state index < -0.39 is 0 Å². The van der Waals surface area contributed by atoms with Gasteiger partial charge < -0.3 is 5.11 Å². The number of hydrogen-bond acceptors (Lipinski definition) is 2. The molecule has 0 aliphatic rings. The van der Waals surface area contributed by atoms with Crippen molar-refractivity contribution in [2.45, 2.75) is 20.0 Å². The molecular formula is C10H14OS. The molecule has 0 aliphatic heterocycles. The number of hydrogen-bond donors (Lipinski definition) is 1. The van der Waals surface area contributed by atoms with Gasteiger partial charge in [0.2, 0.25) is 0 Å². The van der Waals surface area contributed by atoms with E-state index in [0.717, 1.165) is 0 Å². The van der Waals surface area contributed by atoms with E-state index in [4.69, 9.17) is 0 Å². The summed E-state index contributed by atoms with van der Waals surface area (Å²) in [5, 5.41) is 13.5. The van der Waals surface area contributed by atoms with Gasteiger partial charge in [-0.15, -0.1) is 0 Å². The molecule has 1 atom stereocenters. The van der Waals surface area contributed by atoms with Crippen LogP contribution >= 0.6 is 11.3 Å². The molecule has 1 nitrogen and oxygen atoms in total. The van der Waals surface area contributed by atoms with Crippen LogP contribution < -0.4 is 0 Å². The highest BCUT2D eigenvalue weighted by Crippen LogP contribution is 2.10. The second-order valence-electron chi connectivity index (χ2n) is 3.15. The van der Waals surface area contributed by atoms with Gasteiger partial charge in [0.15, 0.2) is 0 Å². The monoisotopic (exact) mass is 182 g/mol. The van der Waals surface area contributed by atoms with Crippen LogP contribution in [0.5, 0.6) is 0 Å². The van der Waals surface area contributed by atoms with Gasteiger partial charge in [-0.1, -0.05) is 26.0 Å². The zero-order valence-corrected chi connectivity index (χ0v) is 8.21. The van der Waals surface area contributed by atoms with Gasteiger partial charge in [-0.25, -0.2) is 0 Å². The van der Waals surface area contributed by atoms with Gasteiger partial charge >= 0.3 is 0 Å². The van der Waals surface area contributed by atoms with Crippen LogP contribution in [0, 0.1) is 5.92 Å². The van der Waals surface area contributed by atoms with E-state index in [2.05, 4.69) is 5.38 Å². The number of aliphatic hydroxyl groups is 1. The third-order valence-electron chi connectivity index (χ3n) is 1.71. The summed E-state index contributed by atoms with van der Waals surface area (Å²) < 4.78 is 0. The average Bonchev–Trinajstić information content (AvgIpc) is 2.51. The van der Waals surface area contributed by atoms with Crippen molar-refractivity contribution in [3.8, 4) is 0 Å². The molecule has 0 radical (unpaired) electrons. The molecule has 0 saturated heterocycles. The lowest BCUT2D eigenvalue weighted by Gasteiger charge is -2.07. The fraction of sp³-hybridized carbons (Fsp3) is 0.400. The van der Waals surface area contributed by atoms with Crippen LogP contribution in [-0.2, 0) is 0 Å². The van der Waals surface area contributed by atoms with Crippen molar-refractivity contribution >= 4 is 17.4 Å². The molecule has 1 aromatic heterocycles. The topological polar surface area (TPSA) is 20.2 Å². The molecule has 0 spiro atoms. The van der Waals surface area contributed by atoms with E-state index in [0.29, 0.717) is 5.92 Å². The van der Waals surface area contributed by atoms with Gasteiger partial charge in [-0.05, 0) is 28.3 Å². The minimum absolute atomic E-state index is 0.292. The van der Waals surface area contributed by atoms with Crippen LogP contribution in [0.3, 0.4) is 0 Å². The van der Waals surface area contributed by atoms with E-state index in [1.807, 2.05) is 37.4 Å². The first kappa shape index (κ1) is 9.49. The normalized spacial score (nSPS) is 14.3. The van der Waals surface area contributed by atoms with E-state index in [1.54, 1.807) is 11.3 Å². The second-order valence-corrected chi connectivity index (χ2v) is 3.93. The summed E-state index contributed by atoms with van der Waals surface area (Å²) in [6.07, 6.45) is 3.47. The fourth-order valence-corrected chi connectivity index (χ4v) is 1.43. The molecule has 1 rings (SSSR count). The van der Waals surface area contributed by atoms with E-state index >= 15 is 0 Å². The van der Waals surface area contributed by atoms with Crippen LogP contribution in [0.25, 0.3) is 6.08 Å². The lowest BCUT2D eigenvalue weighted by Crippen LogP contribution is -2.10. The molecule has 0 bridgehead atoms. The minimum Gasteiger partial charge on any atom is -0.389 e. The van der Waals surface area contributed by atoms with E-state index in [-0.39, 0.29) is 6.10 Å². The highest BCUT2D eigenvalue weighted by Gasteiger charge is 2.03. The van der Waals surface area contributed by atoms with Crippen LogP contribution in [0.2, 0.25) is 0 Å². The third kappa shape index (κ3) is 2.80. The molecule has 0 saturated carbocycles. The Morgan fingerprint density at radius 3 is 2.75 bits per heavy atom. The Bertz CT molecular complexity index is 236. The standard InChI is InChI=1S/C10H14OS/c1-8(2)10(11)4-3-9-5-6-12-7-9/h3-8,10-11H,1-2H3/b4-3+/t10-/m1/s1. The van der Waals surface area contributed by atoms with Crippen molar-refractivity contribution in [3.05, 3.63) is 28.5 Å². The zero-order chi connectivity index (χ0) is 8.97. The summed E-state index contributed by atoms with van der Waals surface area (Å²) in [5.41, 5.74) is 1.17. The third-order valence-corrected chi connectivity index (χ3v) is 2.41. The first-order valence-electron chi connectivity index (χ1n) is 4.08. The predicted octanol–water partition coefficient (Wildman–Crippen LogP) is 2.78. The van der Waals surface area contributed by atoms with Crippen LogP contribution in [0.1, 0.15) is 19.4 Å². The molecule has 0 fully saturated rings. The summed E-state index contributed by atoms with van der Waals surface area (Å²) >= 11 is 1.67. The Labute approximate surface area is 77.4 Å². The summed E-state index contributed by atoms with van der Waals surface area (Å²) in [7, 11) is 0. The predicted molar refractivity (Wildman–Crippen MR) is 54.2 cm³/mol. The van der Waals surface area contributed by atoms with Gasteiger partial charge in [0.25, 0.3) is 0 Å². The van der Waals surface area contributed by atoms with Crippen LogP contribution in [-0.4, -0.2) is 11.2 Å². The molecule has 66 valence electrons. The lowest BCUT2D eigenvalue weighted by atomic mass is 10.1.